The first-order chi connectivity index (χ1) is 17.9. The van der Waals surface area contributed by atoms with Crippen LogP contribution in [0.2, 0.25) is 0 Å². The summed E-state index contributed by atoms with van der Waals surface area (Å²) in [5.41, 5.74) is 3.00. The van der Waals surface area contributed by atoms with E-state index in [1.807, 2.05) is 80.6 Å². The molecule has 1 unspecified atom stereocenters. The molecule has 0 saturated heterocycles. The topological polar surface area (TPSA) is 95.1 Å². The number of nitriles is 1. The molecule has 0 radical (unpaired) electrons. The largest absolute Gasteiger partial charge is 0.463 e. The van der Waals surface area contributed by atoms with Gasteiger partial charge in [-0.05, 0) is 48.6 Å². The smallest absolute Gasteiger partial charge is 0.262 e. The maximum atomic E-state index is 13.4. The fraction of sp³-hybridized carbons (Fsp3) is 0.233. The van der Waals surface area contributed by atoms with Gasteiger partial charge in [-0.1, -0.05) is 74.5 Å². The molecule has 0 bridgehead atoms. The van der Waals surface area contributed by atoms with Crippen molar-refractivity contribution in [1.29, 1.82) is 5.26 Å². The molecule has 7 heteroatoms. The van der Waals surface area contributed by atoms with Gasteiger partial charge in [-0.25, -0.2) is 0 Å². The van der Waals surface area contributed by atoms with Crippen LogP contribution in [0.1, 0.15) is 47.5 Å². The van der Waals surface area contributed by atoms with Gasteiger partial charge in [0.25, 0.3) is 5.91 Å². The van der Waals surface area contributed by atoms with Crippen molar-refractivity contribution >= 4 is 23.2 Å². The number of rotatable bonds is 9. The minimum absolute atomic E-state index is 0.144. The first-order valence-electron chi connectivity index (χ1n) is 12.2. The Morgan fingerprint density at radius 3 is 2.16 bits per heavy atom. The normalized spacial score (nSPS) is 12.5. The molecule has 188 valence electrons. The third-order valence-electron chi connectivity index (χ3n) is 5.87. The summed E-state index contributed by atoms with van der Waals surface area (Å²) in [7, 11) is 0. The quantitative estimate of drug-likeness (QED) is 0.268. The van der Waals surface area contributed by atoms with Gasteiger partial charge in [0, 0.05) is 10.4 Å². The summed E-state index contributed by atoms with van der Waals surface area (Å²) in [5, 5.41) is 15.2. The number of hydrogen-bond acceptors (Lipinski definition) is 5. The Bertz CT molecular complexity index is 1340. The molecular weight excluding hydrogens is 482 g/mol. The Morgan fingerprint density at radius 2 is 1.59 bits per heavy atom. The molecule has 37 heavy (non-hydrogen) atoms. The Balaban J connectivity index is 1.60. The van der Waals surface area contributed by atoms with E-state index in [4.69, 9.17) is 4.42 Å². The minimum atomic E-state index is -0.941. The van der Waals surface area contributed by atoms with Crippen molar-refractivity contribution in [3.05, 3.63) is 95.3 Å². The number of furan rings is 1. The Labute approximate surface area is 221 Å². The van der Waals surface area contributed by atoms with Crippen LogP contribution < -0.4 is 10.6 Å². The zero-order valence-electron chi connectivity index (χ0n) is 21.0. The molecule has 0 fully saturated rings. The van der Waals surface area contributed by atoms with Crippen molar-refractivity contribution < 1.29 is 14.0 Å². The number of aryl methyl sites for hydroxylation is 1. The lowest BCUT2D eigenvalue weighted by Gasteiger charge is -2.21. The fourth-order valence-electron chi connectivity index (χ4n) is 4.09. The highest BCUT2D eigenvalue weighted by Gasteiger charge is 2.27. The lowest BCUT2D eigenvalue weighted by molar-refractivity contribution is -0.123. The highest BCUT2D eigenvalue weighted by Crippen LogP contribution is 2.39. The first-order valence-corrected chi connectivity index (χ1v) is 13.0. The van der Waals surface area contributed by atoms with Crippen molar-refractivity contribution in [2.45, 2.75) is 39.3 Å². The summed E-state index contributed by atoms with van der Waals surface area (Å²) >= 11 is 1.40. The van der Waals surface area contributed by atoms with Crippen LogP contribution in [-0.2, 0) is 4.79 Å². The van der Waals surface area contributed by atoms with Crippen LogP contribution in [0.25, 0.3) is 21.6 Å². The summed E-state index contributed by atoms with van der Waals surface area (Å²) < 4.78 is 5.53. The molecule has 2 aromatic carbocycles. The molecule has 0 aliphatic rings. The van der Waals surface area contributed by atoms with E-state index in [0.29, 0.717) is 22.8 Å². The fourth-order valence-corrected chi connectivity index (χ4v) is 5.18. The van der Waals surface area contributed by atoms with Gasteiger partial charge in [0.15, 0.2) is 6.04 Å². The number of carbonyl (C=O) groups excluding carboxylic acids is 2. The number of benzene rings is 2. The molecule has 2 amide bonds. The lowest BCUT2D eigenvalue weighted by atomic mass is 10.0. The number of nitrogens with one attached hydrogen (secondary N) is 2. The number of hydrogen-bond donors (Lipinski definition) is 2. The van der Waals surface area contributed by atoms with Gasteiger partial charge in [-0.2, -0.15) is 5.26 Å². The Morgan fingerprint density at radius 1 is 0.946 bits per heavy atom. The number of amides is 2. The zero-order valence-corrected chi connectivity index (χ0v) is 21.8. The third-order valence-corrected chi connectivity index (χ3v) is 7.05. The van der Waals surface area contributed by atoms with Gasteiger partial charge in [0.05, 0.1) is 10.9 Å². The maximum Gasteiger partial charge on any atom is 0.262 e. The molecule has 2 atom stereocenters. The van der Waals surface area contributed by atoms with Crippen molar-refractivity contribution in [2.24, 2.45) is 5.92 Å². The molecule has 0 saturated carbocycles. The van der Waals surface area contributed by atoms with E-state index < -0.39 is 18.0 Å². The SMILES string of the molecule is Cc1ccc(C(C#N)NC(=O)[C@H](CC(C)C)NC(=O)c2cc(-c3ccccc3)c(-c3ccccc3)s2)o1. The van der Waals surface area contributed by atoms with Crippen LogP contribution in [0.15, 0.2) is 83.3 Å². The van der Waals surface area contributed by atoms with E-state index in [0.717, 1.165) is 21.6 Å². The van der Waals surface area contributed by atoms with Crippen molar-refractivity contribution in [3.63, 3.8) is 0 Å². The Kier molecular flexibility index (Phi) is 8.22. The third kappa shape index (κ3) is 6.35. The summed E-state index contributed by atoms with van der Waals surface area (Å²) in [6.45, 7) is 5.74. The predicted molar refractivity (Wildman–Crippen MR) is 146 cm³/mol. The van der Waals surface area contributed by atoms with Crippen LogP contribution in [0.4, 0.5) is 0 Å². The molecule has 2 aromatic heterocycles. The van der Waals surface area contributed by atoms with Crippen molar-refractivity contribution in [1.82, 2.24) is 10.6 Å². The van der Waals surface area contributed by atoms with Gasteiger partial charge in [0.1, 0.15) is 17.6 Å². The summed E-state index contributed by atoms with van der Waals surface area (Å²) in [6.07, 6.45) is 0.426. The molecular formula is C30H29N3O3S. The molecule has 4 rings (SSSR count). The molecule has 2 heterocycles. The average Bonchev–Trinajstić information content (AvgIpc) is 3.54. The van der Waals surface area contributed by atoms with Gasteiger partial charge >= 0.3 is 0 Å². The summed E-state index contributed by atoms with van der Waals surface area (Å²) in [4.78, 5) is 28.1. The average molecular weight is 512 g/mol. The molecule has 0 spiro atoms. The molecule has 6 nitrogen and oxygen atoms in total. The Hall–Kier alpha value is -4.15. The van der Waals surface area contributed by atoms with Crippen LogP contribution in [0.3, 0.4) is 0 Å². The maximum absolute atomic E-state index is 13.4. The second-order valence-corrected chi connectivity index (χ2v) is 10.3. The molecule has 0 aliphatic heterocycles. The standard InChI is InChI=1S/C30H29N3O3S/c1-19(2)16-24(29(34)33-25(18-31)26-15-14-20(3)36-26)32-30(35)27-17-23(21-10-6-4-7-11-21)28(37-27)22-12-8-5-9-13-22/h4-15,17,19,24-25H,16H2,1-3H3,(H,32,35)(H,33,34)/t24-,25?/m0/s1. The van der Waals surface area contributed by atoms with Gasteiger partial charge in [-0.3, -0.25) is 9.59 Å². The summed E-state index contributed by atoms with van der Waals surface area (Å²) in [5.74, 6) is 0.405. The van der Waals surface area contributed by atoms with E-state index in [1.165, 1.54) is 11.3 Å². The molecule has 2 N–H and O–H groups in total. The number of carbonyl (C=O) groups is 2. The van der Waals surface area contributed by atoms with E-state index in [9.17, 15) is 14.9 Å². The van der Waals surface area contributed by atoms with Crippen molar-refractivity contribution in [2.75, 3.05) is 0 Å². The number of thiophene rings is 1. The van der Waals surface area contributed by atoms with Crippen LogP contribution in [-0.4, -0.2) is 17.9 Å². The molecule has 0 aliphatic carbocycles. The highest BCUT2D eigenvalue weighted by molar-refractivity contribution is 7.18. The second kappa shape index (κ2) is 11.7. The van der Waals surface area contributed by atoms with Crippen LogP contribution >= 0.6 is 11.3 Å². The van der Waals surface area contributed by atoms with Crippen molar-refractivity contribution in [3.8, 4) is 27.6 Å². The van der Waals surface area contributed by atoms with Gasteiger partial charge < -0.3 is 15.1 Å². The van der Waals surface area contributed by atoms with E-state index >= 15 is 0 Å². The van der Waals surface area contributed by atoms with Gasteiger partial charge in [-0.15, -0.1) is 11.3 Å². The predicted octanol–water partition coefficient (Wildman–Crippen LogP) is 6.51. The van der Waals surface area contributed by atoms with E-state index in [2.05, 4.69) is 16.7 Å². The van der Waals surface area contributed by atoms with Gasteiger partial charge in [0.2, 0.25) is 5.91 Å². The second-order valence-electron chi connectivity index (χ2n) is 9.26. The van der Waals surface area contributed by atoms with Crippen LogP contribution in [0, 0.1) is 24.2 Å². The zero-order chi connectivity index (χ0) is 26.4. The monoisotopic (exact) mass is 511 g/mol. The molecule has 4 aromatic rings. The van der Waals surface area contributed by atoms with E-state index in [1.54, 1.807) is 19.1 Å². The summed E-state index contributed by atoms with van der Waals surface area (Å²) in [6, 6.07) is 25.5. The van der Waals surface area contributed by atoms with Crippen LogP contribution in [0.5, 0.6) is 0 Å². The highest BCUT2D eigenvalue weighted by atomic mass is 32.1. The number of nitrogens with zero attached hydrogens (tertiary/aromatic N) is 1. The first kappa shape index (κ1) is 25.9. The van der Waals surface area contributed by atoms with E-state index in [-0.39, 0.29) is 11.8 Å². The lowest BCUT2D eigenvalue weighted by Crippen LogP contribution is -2.48. The minimum Gasteiger partial charge on any atom is -0.463 e.